The minimum atomic E-state index is 0.475. The van der Waals surface area contributed by atoms with E-state index in [-0.39, 0.29) is 0 Å². The van der Waals surface area contributed by atoms with Crippen LogP contribution in [0.1, 0.15) is 11.1 Å². The molecule has 0 saturated heterocycles. The summed E-state index contributed by atoms with van der Waals surface area (Å²) >= 11 is 0. The van der Waals surface area contributed by atoms with Gasteiger partial charge < -0.3 is 9.47 Å². The van der Waals surface area contributed by atoms with Crippen molar-refractivity contribution < 1.29 is 9.47 Å². The Kier molecular flexibility index (Phi) is 5.66. The quantitative estimate of drug-likeness (QED) is 0.404. The van der Waals surface area contributed by atoms with Crippen LogP contribution < -0.4 is 0 Å². The van der Waals surface area contributed by atoms with Gasteiger partial charge in [0, 0.05) is 0 Å². The van der Waals surface area contributed by atoms with E-state index in [0.29, 0.717) is 19.0 Å². The molecule has 17 heavy (non-hydrogen) atoms. The number of aryl methyl sites for hydroxylation is 1. The van der Waals surface area contributed by atoms with E-state index in [1.54, 1.807) is 0 Å². The predicted octanol–water partition coefficient (Wildman–Crippen LogP) is 3.70. The highest BCUT2D eigenvalue weighted by molar-refractivity contribution is 5.55. The lowest BCUT2D eigenvalue weighted by atomic mass is 10.1. The van der Waals surface area contributed by atoms with E-state index in [9.17, 15) is 0 Å². The Morgan fingerprint density at radius 3 is 2.76 bits per heavy atom. The van der Waals surface area contributed by atoms with Crippen LogP contribution in [0.2, 0.25) is 0 Å². The van der Waals surface area contributed by atoms with Crippen LogP contribution in [-0.4, -0.2) is 13.2 Å². The zero-order valence-corrected chi connectivity index (χ0v) is 10.2. The Morgan fingerprint density at radius 1 is 1.29 bits per heavy atom. The van der Waals surface area contributed by atoms with Gasteiger partial charge in [-0.15, -0.1) is 0 Å². The molecule has 0 aliphatic heterocycles. The first kappa shape index (κ1) is 13.1. The average Bonchev–Trinajstić information content (AvgIpc) is 2.34. The van der Waals surface area contributed by atoms with Crippen molar-refractivity contribution in [1.29, 1.82) is 0 Å². The Bertz CT molecular complexity index is 405. The van der Waals surface area contributed by atoms with Crippen molar-refractivity contribution in [2.45, 2.75) is 6.92 Å². The normalized spacial score (nSPS) is 10.2. The number of ether oxygens (including phenoxy) is 2. The third kappa shape index (κ3) is 5.07. The number of hydrogen-bond acceptors (Lipinski definition) is 2. The second-order valence-corrected chi connectivity index (χ2v) is 3.54. The second-order valence-electron chi connectivity index (χ2n) is 3.54. The Labute approximate surface area is 103 Å². The van der Waals surface area contributed by atoms with Gasteiger partial charge >= 0.3 is 0 Å². The Balaban J connectivity index is 2.40. The summed E-state index contributed by atoms with van der Waals surface area (Å²) in [7, 11) is 0. The first-order valence-electron chi connectivity index (χ1n) is 5.52. The third-order valence-electron chi connectivity index (χ3n) is 2.24. The van der Waals surface area contributed by atoms with Crippen molar-refractivity contribution >= 4 is 6.08 Å². The summed E-state index contributed by atoms with van der Waals surface area (Å²) in [6.07, 6.45) is 5.25. The molecule has 0 heterocycles. The summed E-state index contributed by atoms with van der Waals surface area (Å²) < 4.78 is 10.3. The largest absolute Gasteiger partial charge is 0.498 e. The van der Waals surface area contributed by atoms with E-state index in [4.69, 9.17) is 9.47 Å². The summed E-state index contributed by atoms with van der Waals surface area (Å²) in [5.74, 6) is 0.626. The van der Waals surface area contributed by atoms with Crippen LogP contribution in [-0.2, 0) is 9.47 Å². The van der Waals surface area contributed by atoms with Gasteiger partial charge in [0.1, 0.15) is 19.0 Å². The van der Waals surface area contributed by atoms with Gasteiger partial charge in [0.15, 0.2) is 0 Å². The van der Waals surface area contributed by atoms with Gasteiger partial charge in [0.05, 0.1) is 6.26 Å². The van der Waals surface area contributed by atoms with Crippen molar-refractivity contribution in [3.8, 4) is 0 Å². The monoisotopic (exact) mass is 230 g/mol. The molecule has 2 heteroatoms. The van der Waals surface area contributed by atoms with Crippen molar-refractivity contribution in [2.75, 3.05) is 13.2 Å². The minimum Gasteiger partial charge on any atom is -0.498 e. The Hall–Kier alpha value is -1.96. The topological polar surface area (TPSA) is 18.5 Å². The number of rotatable bonds is 7. The SMILES string of the molecule is C=COCCOC(=C)/C=C\c1ccccc1C. The molecule has 1 aromatic rings. The van der Waals surface area contributed by atoms with Crippen molar-refractivity contribution in [3.63, 3.8) is 0 Å². The maximum atomic E-state index is 5.35. The van der Waals surface area contributed by atoms with Gasteiger partial charge in [-0.25, -0.2) is 0 Å². The smallest absolute Gasteiger partial charge is 0.122 e. The van der Waals surface area contributed by atoms with Crippen LogP contribution in [0.5, 0.6) is 0 Å². The summed E-state index contributed by atoms with van der Waals surface area (Å²) in [6, 6.07) is 8.15. The molecule has 0 aliphatic rings. The van der Waals surface area contributed by atoms with E-state index in [1.165, 1.54) is 17.4 Å². The van der Waals surface area contributed by atoms with E-state index < -0.39 is 0 Å². The highest BCUT2D eigenvalue weighted by Gasteiger charge is 1.93. The van der Waals surface area contributed by atoms with Crippen LogP contribution in [0.15, 0.2) is 55.5 Å². The second kappa shape index (κ2) is 7.34. The number of benzene rings is 1. The summed E-state index contributed by atoms with van der Waals surface area (Å²) in [5.41, 5.74) is 2.39. The standard InChI is InChI=1S/C15H18O2/c1-4-16-11-12-17-14(3)9-10-15-8-6-5-7-13(15)2/h4-10H,1,3,11-12H2,2H3/b10-9-. The predicted molar refractivity (Wildman–Crippen MR) is 71.5 cm³/mol. The van der Waals surface area contributed by atoms with Gasteiger partial charge in [-0.2, -0.15) is 0 Å². The highest BCUT2D eigenvalue weighted by Crippen LogP contribution is 2.10. The molecule has 0 atom stereocenters. The zero-order chi connectivity index (χ0) is 12.5. The fourth-order valence-corrected chi connectivity index (χ4v) is 1.31. The molecular formula is C15H18O2. The zero-order valence-electron chi connectivity index (χ0n) is 10.2. The molecular weight excluding hydrogens is 212 g/mol. The van der Waals surface area contributed by atoms with Gasteiger partial charge in [-0.1, -0.05) is 43.5 Å². The first-order chi connectivity index (χ1) is 8.24. The molecule has 90 valence electrons. The van der Waals surface area contributed by atoms with Gasteiger partial charge in [0.2, 0.25) is 0 Å². The molecule has 0 spiro atoms. The van der Waals surface area contributed by atoms with E-state index >= 15 is 0 Å². The summed E-state index contributed by atoms with van der Waals surface area (Å²) in [5, 5.41) is 0. The molecule has 0 fully saturated rings. The van der Waals surface area contributed by atoms with Crippen LogP contribution >= 0.6 is 0 Å². The van der Waals surface area contributed by atoms with Crippen LogP contribution in [0.4, 0.5) is 0 Å². The van der Waals surface area contributed by atoms with Gasteiger partial charge in [-0.3, -0.25) is 0 Å². The van der Waals surface area contributed by atoms with E-state index in [1.807, 2.05) is 24.3 Å². The molecule has 0 radical (unpaired) electrons. The lowest BCUT2D eigenvalue weighted by Crippen LogP contribution is -1.99. The van der Waals surface area contributed by atoms with Crippen LogP contribution in [0.3, 0.4) is 0 Å². The average molecular weight is 230 g/mol. The van der Waals surface area contributed by atoms with Crippen molar-refractivity contribution in [2.24, 2.45) is 0 Å². The van der Waals surface area contributed by atoms with E-state index in [0.717, 1.165) is 0 Å². The molecule has 0 aliphatic carbocycles. The first-order valence-corrected chi connectivity index (χ1v) is 5.52. The molecule has 0 unspecified atom stereocenters. The maximum absolute atomic E-state index is 5.35. The molecule has 0 N–H and O–H groups in total. The Morgan fingerprint density at radius 2 is 2.06 bits per heavy atom. The lowest BCUT2D eigenvalue weighted by molar-refractivity contribution is 0.139. The number of hydrogen-bond donors (Lipinski definition) is 0. The maximum Gasteiger partial charge on any atom is 0.122 e. The molecule has 2 nitrogen and oxygen atoms in total. The number of allylic oxidation sites excluding steroid dienone is 1. The van der Waals surface area contributed by atoms with E-state index in [2.05, 4.69) is 32.2 Å². The minimum absolute atomic E-state index is 0.475. The fourth-order valence-electron chi connectivity index (χ4n) is 1.31. The van der Waals surface area contributed by atoms with Crippen LogP contribution in [0, 0.1) is 6.92 Å². The lowest BCUT2D eigenvalue weighted by Gasteiger charge is -2.05. The summed E-state index contributed by atoms with van der Waals surface area (Å²) in [6.45, 7) is 10.3. The van der Waals surface area contributed by atoms with Crippen LogP contribution in [0.25, 0.3) is 6.08 Å². The molecule has 0 bridgehead atoms. The molecule has 1 rings (SSSR count). The van der Waals surface area contributed by atoms with Crippen molar-refractivity contribution in [1.82, 2.24) is 0 Å². The molecule has 1 aromatic carbocycles. The molecule has 0 aromatic heterocycles. The molecule has 0 amide bonds. The summed E-state index contributed by atoms with van der Waals surface area (Å²) in [4.78, 5) is 0. The van der Waals surface area contributed by atoms with Gasteiger partial charge in [0.25, 0.3) is 0 Å². The van der Waals surface area contributed by atoms with Crippen molar-refractivity contribution in [3.05, 3.63) is 66.6 Å². The van der Waals surface area contributed by atoms with Gasteiger partial charge in [-0.05, 0) is 24.1 Å². The third-order valence-corrected chi connectivity index (χ3v) is 2.24. The fraction of sp³-hybridized carbons (Fsp3) is 0.200. The molecule has 0 saturated carbocycles. The highest BCUT2D eigenvalue weighted by atomic mass is 16.5.